The first-order valence-corrected chi connectivity index (χ1v) is 5.30. The summed E-state index contributed by atoms with van der Waals surface area (Å²) in [5, 5.41) is 3.45. The SMILES string of the molecule is CC(C)c1cc(Cl)n2nc(C(F)(F)F)nc2c1. The van der Waals surface area contributed by atoms with E-state index in [0.717, 1.165) is 10.1 Å². The fourth-order valence-corrected chi connectivity index (χ4v) is 1.67. The average molecular weight is 264 g/mol. The van der Waals surface area contributed by atoms with Crippen LogP contribution in [0.5, 0.6) is 0 Å². The minimum absolute atomic E-state index is 0.105. The molecular formula is C10H9ClF3N3. The molecule has 2 aromatic rings. The van der Waals surface area contributed by atoms with Gasteiger partial charge in [-0.1, -0.05) is 25.4 Å². The summed E-state index contributed by atoms with van der Waals surface area (Å²) in [7, 11) is 0. The van der Waals surface area contributed by atoms with Crippen LogP contribution in [0.1, 0.15) is 31.2 Å². The van der Waals surface area contributed by atoms with Gasteiger partial charge >= 0.3 is 6.18 Å². The highest BCUT2D eigenvalue weighted by Gasteiger charge is 2.36. The Morgan fingerprint density at radius 2 is 1.94 bits per heavy atom. The quantitative estimate of drug-likeness (QED) is 0.737. The molecule has 0 fully saturated rings. The molecule has 0 N–H and O–H groups in total. The topological polar surface area (TPSA) is 30.2 Å². The Hall–Kier alpha value is -1.30. The molecule has 0 unspecified atom stereocenters. The third-order valence-corrected chi connectivity index (χ3v) is 2.61. The van der Waals surface area contributed by atoms with E-state index in [2.05, 4.69) is 10.1 Å². The third kappa shape index (κ3) is 2.22. The molecule has 0 amide bonds. The molecule has 0 bridgehead atoms. The maximum Gasteiger partial charge on any atom is 0.453 e. The fraction of sp³-hybridized carbons (Fsp3) is 0.400. The van der Waals surface area contributed by atoms with Gasteiger partial charge in [-0.25, -0.2) is 9.50 Å². The number of alkyl halides is 3. The van der Waals surface area contributed by atoms with Crippen LogP contribution in [-0.2, 0) is 6.18 Å². The summed E-state index contributed by atoms with van der Waals surface area (Å²) in [6.45, 7) is 3.84. The normalized spacial score (nSPS) is 12.6. The second-order valence-electron chi connectivity index (χ2n) is 3.97. The lowest BCUT2D eigenvalue weighted by molar-refractivity contribution is -0.144. The standard InChI is InChI=1S/C10H9ClF3N3/c1-5(2)6-3-7(11)17-8(4-6)15-9(16-17)10(12,13)14/h3-5H,1-2H3. The van der Waals surface area contributed by atoms with Crippen molar-refractivity contribution in [3.63, 3.8) is 0 Å². The first kappa shape index (κ1) is 12.2. The summed E-state index contributed by atoms with van der Waals surface area (Å²) in [5.74, 6) is -1.02. The monoisotopic (exact) mass is 263 g/mol. The van der Waals surface area contributed by atoms with Gasteiger partial charge in [0.25, 0.3) is 5.82 Å². The number of halogens is 4. The van der Waals surface area contributed by atoms with Gasteiger partial charge < -0.3 is 0 Å². The minimum Gasteiger partial charge on any atom is -0.203 e. The zero-order valence-electron chi connectivity index (χ0n) is 9.09. The van der Waals surface area contributed by atoms with Crippen LogP contribution >= 0.6 is 11.6 Å². The molecule has 17 heavy (non-hydrogen) atoms. The van der Waals surface area contributed by atoms with Crippen LogP contribution in [0.2, 0.25) is 5.15 Å². The zero-order chi connectivity index (χ0) is 12.8. The first-order chi connectivity index (χ1) is 7.79. The average Bonchev–Trinajstić information content (AvgIpc) is 2.60. The number of hydrogen-bond donors (Lipinski definition) is 0. The van der Waals surface area contributed by atoms with Gasteiger partial charge in [0.1, 0.15) is 5.15 Å². The van der Waals surface area contributed by atoms with Crippen LogP contribution in [0.3, 0.4) is 0 Å². The molecule has 0 aliphatic rings. The van der Waals surface area contributed by atoms with Gasteiger partial charge in [-0.15, -0.1) is 5.10 Å². The van der Waals surface area contributed by atoms with Crippen molar-refractivity contribution in [3.8, 4) is 0 Å². The Kier molecular flexibility index (Phi) is 2.77. The van der Waals surface area contributed by atoms with Crippen LogP contribution in [-0.4, -0.2) is 14.6 Å². The molecule has 0 atom stereocenters. The summed E-state index contributed by atoms with van der Waals surface area (Å²) in [6.07, 6.45) is -4.56. The summed E-state index contributed by atoms with van der Waals surface area (Å²) < 4.78 is 38.3. The molecule has 92 valence electrons. The Morgan fingerprint density at radius 3 is 2.47 bits per heavy atom. The van der Waals surface area contributed by atoms with Crippen molar-refractivity contribution in [3.05, 3.63) is 28.7 Å². The highest BCUT2D eigenvalue weighted by molar-refractivity contribution is 6.29. The van der Waals surface area contributed by atoms with Crippen molar-refractivity contribution in [2.45, 2.75) is 25.9 Å². The number of aromatic nitrogens is 3. The smallest absolute Gasteiger partial charge is 0.203 e. The largest absolute Gasteiger partial charge is 0.453 e. The summed E-state index contributed by atoms with van der Waals surface area (Å²) in [6, 6.07) is 3.15. The second-order valence-corrected chi connectivity index (χ2v) is 4.36. The molecule has 2 rings (SSSR count). The van der Waals surface area contributed by atoms with Gasteiger partial charge in [-0.3, -0.25) is 0 Å². The summed E-state index contributed by atoms with van der Waals surface area (Å²) in [4.78, 5) is 3.43. The van der Waals surface area contributed by atoms with Gasteiger partial charge in [0.2, 0.25) is 0 Å². The lowest BCUT2D eigenvalue weighted by Gasteiger charge is -2.05. The highest BCUT2D eigenvalue weighted by atomic mass is 35.5. The van der Waals surface area contributed by atoms with E-state index in [1.54, 1.807) is 12.1 Å². The van der Waals surface area contributed by atoms with Gasteiger partial charge in [0.15, 0.2) is 5.65 Å². The van der Waals surface area contributed by atoms with Crippen molar-refractivity contribution in [1.82, 2.24) is 14.6 Å². The molecule has 2 heterocycles. The van der Waals surface area contributed by atoms with E-state index in [1.165, 1.54) is 0 Å². The van der Waals surface area contributed by atoms with Gasteiger partial charge in [0, 0.05) is 0 Å². The summed E-state index contributed by atoms with van der Waals surface area (Å²) >= 11 is 5.86. The molecule has 0 aromatic carbocycles. The number of nitrogens with zero attached hydrogens (tertiary/aromatic N) is 3. The molecule has 7 heteroatoms. The fourth-order valence-electron chi connectivity index (χ4n) is 1.42. The summed E-state index contributed by atoms with van der Waals surface area (Å²) in [5.41, 5.74) is 0.928. The van der Waals surface area contributed by atoms with E-state index in [1.807, 2.05) is 13.8 Å². The van der Waals surface area contributed by atoms with E-state index < -0.39 is 12.0 Å². The van der Waals surface area contributed by atoms with E-state index in [-0.39, 0.29) is 16.7 Å². The maximum atomic E-state index is 12.4. The lowest BCUT2D eigenvalue weighted by atomic mass is 10.1. The predicted molar refractivity (Wildman–Crippen MR) is 57.1 cm³/mol. The molecule has 0 aliphatic heterocycles. The number of rotatable bonds is 1. The molecule has 0 saturated heterocycles. The van der Waals surface area contributed by atoms with Gasteiger partial charge in [-0.05, 0) is 23.6 Å². The molecular weight excluding hydrogens is 255 g/mol. The first-order valence-electron chi connectivity index (χ1n) is 4.92. The van der Waals surface area contributed by atoms with Gasteiger partial charge in [0.05, 0.1) is 0 Å². The van der Waals surface area contributed by atoms with Crippen LogP contribution in [0.15, 0.2) is 12.1 Å². The van der Waals surface area contributed by atoms with Crippen molar-refractivity contribution in [2.24, 2.45) is 0 Å². The van der Waals surface area contributed by atoms with E-state index in [0.29, 0.717) is 0 Å². The van der Waals surface area contributed by atoms with Crippen LogP contribution in [0.25, 0.3) is 5.65 Å². The lowest BCUT2D eigenvalue weighted by Crippen LogP contribution is -2.07. The molecule has 0 aliphatic carbocycles. The molecule has 2 aromatic heterocycles. The Labute approximate surface area is 100 Å². The second kappa shape index (κ2) is 3.87. The predicted octanol–water partition coefficient (Wildman–Crippen LogP) is 3.52. The molecule has 3 nitrogen and oxygen atoms in total. The number of hydrogen-bond acceptors (Lipinski definition) is 2. The molecule has 0 radical (unpaired) electrons. The van der Waals surface area contributed by atoms with Gasteiger partial charge in [-0.2, -0.15) is 13.2 Å². The molecule has 0 saturated carbocycles. The Bertz CT molecular complexity index is 560. The van der Waals surface area contributed by atoms with Crippen LogP contribution in [0.4, 0.5) is 13.2 Å². The minimum atomic E-state index is -4.56. The van der Waals surface area contributed by atoms with E-state index in [4.69, 9.17) is 11.6 Å². The van der Waals surface area contributed by atoms with Crippen molar-refractivity contribution in [2.75, 3.05) is 0 Å². The van der Waals surface area contributed by atoms with Crippen LogP contribution < -0.4 is 0 Å². The maximum absolute atomic E-state index is 12.4. The van der Waals surface area contributed by atoms with Crippen molar-refractivity contribution >= 4 is 17.2 Å². The number of fused-ring (bicyclic) bond motifs is 1. The zero-order valence-corrected chi connectivity index (χ0v) is 9.84. The van der Waals surface area contributed by atoms with E-state index >= 15 is 0 Å². The van der Waals surface area contributed by atoms with Crippen LogP contribution in [0, 0.1) is 0 Å². The molecule has 0 spiro atoms. The van der Waals surface area contributed by atoms with Crippen molar-refractivity contribution < 1.29 is 13.2 Å². The Balaban J connectivity index is 2.65. The Morgan fingerprint density at radius 1 is 1.29 bits per heavy atom. The number of pyridine rings is 1. The van der Waals surface area contributed by atoms with Crippen molar-refractivity contribution in [1.29, 1.82) is 0 Å². The highest BCUT2D eigenvalue weighted by Crippen LogP contribution is 2.28. The third-order valence-electron chi connectivity index (χ3n) is 2.34. The van der Waals surface area contributed by atoms with E-state index in [9.17, 15) is 13.2 Å².